The molecule has 0 saturated carbocycles. The molecule has 2 aromatic carbocycles. The fraction of sp³-hybridized carbons (Fsp3) is 0.429. The minimum absolute atomic E-state index is 0.00527. The molecule has 2 aromatic rings. The molecule has 0 N–H and O–H groups in total. The van der Waals surface area contributed by atoms with Crippen LogP contribution in [0.1, 0.15) is 18.1 Å². The summed E-state index contributed by atoms with van der Waals surface area (Å²) in [7, 11) is 6.63. The van der Waals surface area contributed by atoms with Crippen molar-refractivity contribution in [2.75, 3.05) is 40.9 Å². The van der Waals surface area contributed by atoms with Crippen LogP contribution in [0.5, 0.6) is 0 Å². The van der Waals surface area contributed by atoms with Crippen LogP contribution in [-0.2, 0) is 15.3 Å². The van der Waals surface area contributed by atoms with Gasteiger partial charge in [-0.2, -0.15) is 0 Å². The molecule has 0 atom stereocenters. The lowest BCUT2D eigenvalue weighted by molar-refractivity contribution is -0.878. The second kappa shape index (κ2) is 6.32. The maximum Gasteiger partial charge on any atom is 0.222 e. The van der Waals surface area contributed by atoms with Gasteiger partial charge in [0.1, 0.15) is 0 Å². The van der Waals surface area contributed by atoms with Crippen LogP contribution in [0.3, 0.4) is 0 Å². The normalized spacial score (nSPS) is 19.8. The van der Waals surface area contributed by atoms with Crippen molar-refractivity contribution in [2.45, 2.75) is 12.7 Å². The molecule has 1 fully saturated rings. The Kier molecular flexibility index (Phi) is 4.52. The van der Waals surface area contributed by atoms with Gasteiger partial charge >= 0.3 is 0 Å². The van der Waals surface area contributed by atoms with E-state index in [2.05, 4.69) is 52.3 Å². The monoisotopic (exact) mass is 326 g/mol. The first kappa shape index (κ1) is 17.2. The van der Waals surface area contributed by atoms with Crippen molar-refractivity contribution in [3.8, 4) is 0 Å². The number of nitrogens with zero attached hydrogens (tertiary/aromatic N) is 1. The van der Waals surface area contributed by atoms with E-state index in [1.807, 2.05) is 36.4 Å². The fourth-order valence-corrected chi connectivity index (χ4v) is 3.69. The van der Waals surface area contributed by atoms with Crippen LogP contribution < -0.4 is 0 Å². The molecule has 3 rings (SSSR count). The molecule has 0 radical (unpaired) electrons. The average Bonchev–Trinajstić information content (AvgIpc) is 2.56. The Hall–Kier alpha value is -1.68. The van der Waals surface area contributed by atoms with Gasteiger partial charge in [-0.3, -0.25) is 0 Å². The minimum atomic E-state index is -0.813. The first-order valence-electron chi connectivity index (χ1n) is 8.53. The molecular weight excluding hydrogens is 298 g/mol. The summed E-state index contributed by atoms with van der Waals surface area (Å²) in [5, 5.41) is 0. The van der Waals surface area contributed by atoms with Crippen molar-refractivity contribution in [2.24, 2.45) is 5.41 Å². The SMILES string of the molecule is CC1(C[N+](C)(C)C)COC(c2ccccc2)(c2ccccc2)OC1. The van der Waals surface area contributed by atoms with Gasteiger partial charge in [0, 0.05) is 11.1 Å². The van der Waals surface area contributed by atoms with Gasteiger partial charge in [-0.25, -0.2) is 0 Å². The highest BCUT2D eigenvalue weighted by atomic mass is 16.7. The molecule has 24 heavy (non-hydrogen) atoms. The Balaban J connectivity index is 1.93. The minimum Gasteiger partial charge on any atom is -0.341 e. The molecule has 0 amide bonds. The zero-order valence-electron chi connectivity index (χ0n) is 15.2. The van der Waals surface area contributed by atoms with E-state index in [0.29, 0.717) is 13.2 Å². The molecule has 0 aromatic heterocycles. The summed E-state index contributed by atoms with van der Waals surface area (Å²) < 4.78 is 13.8. The number of hydrogen-bond acceptors (Lipinski definition) is 2. The first-order chi connectivity index (χ1) is 11.3. The lowest BCUT2D eigenvalue weighted by Crippen LogP contribution is -2.54. The van der Waals surface area contributed by atoms with Gasteiger partial charge in [0.15, 0.2) is 0 Å². The zero-order valence-corrected chi connectivity index (χ0v) is 15.2. The van der Waals surface area contributed by atoms with E-state index in [9.17, 15) is 0 Å². The number of benzene rings is 2. The van der Waals surface area contributed by atoms with Gasteiger partial charge in [-0.05, 0) is 6.92 Å². The van der Waals surface area contributed by atoms with Gasteiger partial charge in [0.2, 0.25) is 5.79 Å². The molecule has 1 aliphatic heterocycles. The van der Waals surface area contributed by atoms with E-state index >= 15 is 0 Å². The van der Waals surface area contributed by atoms with Crippen LogP contribution in [0.25, 0.3) is 0 Å². The molecule has 1 saturated heterocycles. The Bertz CT molecular complexity index is 612. The van der Waals surface area contributed by atoms with E-state index in [4.69, 9.17) is 9.47 Å². The summed E-state index contributed by atoms with van der Waals surface area (Å²) in [6, 6.07) is 20.5. The van der Waals surface area contributed by atoms with Crippen molar-refractivity contribution in [1.29, 1.82) is 0 Å². The predicted molar refractivity (Wildman–Crippen MR) is 96.6 cm³/mol. The fourth-order valence-electron chi connectivity index (χ4n) is 3.69. The lowest BCUT2D eigenvalue weighted by atomic mass is 9.88. The summed E-state index contributed by atoms with van der Waals surface area (Å²) in [5.74, 6) is -0.813. The van der Waals surface area contributed by atoms with Gasteiger partial charge in [0.05, 0.1) is 46.3 Å². The highest BCUT2D eigenvalue weighted by Crippen LogP contribution is 2.42. The summed E-state index contributed by atoms with van der Waals surface area (Å²) in [4.78, 5) is 0. The summed E-state index contributed by atoms with van der Waals surface area (Å²) in [5.41, 5.74) is 2.10. The molecule has 1 heterocycles. The zero-order chi connectivity index (χ0) is 17.3. The number of ether oxygens (including phenoxy) is 2. The van der Waals surface area contributed by atoms with E-state index in [-0.39, 0.29) is 5.41 Å². The average molecular weight is 326 g/mol. The third-order valence-corrected chi connectivity index (χ3v) is 4.41. The quantitative estimate of drug-likeness (QED) is 0.799. The van der Waals surface area contributed by atoms with E-state index in [0.717, 1.165) is 22.2 Å². The molecule has 0 aliphatic carbocycles. The predicted octanol–water partition coefficient (Wildman–Crippen LogP) is 3.65. The van der Waals surface area contributed by atoms with Crippen LogP contribution in [-0.4, -0.2) is 45.4 Å². The van der Waals surface area contributed by atoms with Crippen LogP contribution in [0.2, 0.25) is 0 Å². The van der Waals surface area contributed by atoms with Crippen molar-refractivity contribution in [3.63, 3.8) is 0 Å². The molecule has 128 valence electrons. The molecule has 3 heteroatoms. The van der Waals surface area contributed by atoms with Gasteiger partial charge in [-0.1, -0.05) is 60.7 Å². The van der Waals surface area contributed by atoms with Crippen molar-refractivity contribution in [1.82, 2.24) is 0 Å². The standard InChI is InChI=1S/C21H28NO2/c1-20(15-22(2,3)4)16-23-21(24-17-20,18-11-7-5-8-12-18)19-13-9-6-10-14-19/h5-14H,15-17H2,1-4H3/q+1. The molecular formula is C21H28NO2+. The van der Waals surface area contributed by atoms with Gasteiger partial charge < -0.3 is 14.0 Å². The molecule has 0 spiro atoms. The topological polar surface area (TPSA) is 18.5 Å². The van der Waals surface area contributed by atoms with E-state index < -0.39 is 5.79 Å². The van der Waals surface area contributed by atoms with Crippen molar-refractivity contribution in [3.05, 3.63) is 71.8 Å². The van der Waals surface area contributed by atoms with Crippen molar-refractivity contribution < 1.29 is 14.0 Å². The Morgan fingerprint density at radius 3 is 1.58 bits per heavy atom. The molecule has 3 nitrogen and oxygen atoms in total. The van der Waals surface area contributed by atoms with Crippen LogP contribution in [0.15, 0.2) is 60.7 Å². The van der Waals surface area contributed by atoms with Gasteiger partial charge in [-0.15, -0.1) is 0 Å². The smallest absolute Gasteiger partial charge is 0.222 e. The highest BCUT2D eigenvalue weighted by Gasteiger charge is 2.47. The highest BCUT2D eigenvalue weighted by molar-refractivity contribution is 5.34. The first-order valence-corrected chi connectivity index (χ1v) is 8.53. The van der Waals surface area contributed by atoms with E-state index in [1.54, 1.807) is 0 Å². The third kappa shape index (κ3) is 3.54. The van der Waals surface area contributed by atoms with Crippen LogP contribution in [0.4, 0.5) is 0 Å². The Labute approximate surface area is 145 Å². The second-order valence-electron chi connectivity index (χ2n) is 8.19. The summed E-state index contributed by atoms with van der Waals surface area (Å²) >= 11 is 0. The van der Waals surface area contributed by atoms with Crippen molar-refractivity contribution >= 4 is 0 Å². The maximum atomic E-state index is 6.47. The summed E-state index contributed by atoms with van der Waals surface area (Å²) in [6.45, 7) is 4.60. The largest absolute Gasteiger partial charge is 0.341 e. The molecule has 1 aliphatic rings. The second-order valence-corrected chi connectivity index (χ2v) is 8.19. The van der Waals surface area contributed by atoms with Gasteiger partial charge in [0.25, 0.3) is 0 Å². The van der Waals surface area contributed by atoms with Crippen LogP contribution in [0, 0.1) is 5.41 Å². The van der Waals surface area contributed by atoms with E-state index in [1.165, 1.54) is 0 Å². The maximum absolute atomic E-state index is 6.47. The summed E-state index contributed by atoms with van der Waals surface area (Å²) in [6.07, 6.45) is 0. The number of hydrogen-bond donors (Lipinski definition) is 0. The lowest BCUT2D eigenvalue weighted by Gasteiger charge is -2.46. The molecule has 0 unspecified atom stereocenters. The number of quaternary nitrogens is 1. The Morgan fingerprint density at radius 2 is 1.21 bits per heavy atom. The number of rotatable bonds is 4. The van der Waals surface area contributed by atoms with Crippen LogP contribution >= 0.6 is 0 Å². The Morgan fingerprint density at radius 1 is 0.792 bits per heavy atom. The third-order valence-electron chi connectivity index (χ3n) is 4.41. The molecule has 0 bridgehead atoms.